The molecule has 1 atom stereocenters. The summed E-state index contributed by atoms with van der Waals surface area (Å²) in [4.78, 5) is 11.0. The zero-order valence-corrected chi connectivity index (χ0v) is 9.82. The summed E-state index contributed by atoms with van der Waals surface area (Å²) in [6.45, 7) is 4.48. The Bertz CT molecular complexity index is 335. The van der Waals surface area contributed by atoms with E-state index in [2.05, 4.69) is 10.1 Å². The highest BCUT2D eigenvalue weighted by atomic mass is 16.5. The van der Waals surface area contributed by atoms with E-state index >= 15 is 0 Å². The van der Waals surface area contributed by atoms with Crippen LogP contribution >= 0.6 is 0 Å². The molecular formula is C12H17NO3. The molecule has 4 nitrogen and oxygen atoms in total. The van der Waals surface area contributed by atoms with Crippen molar-refractivity contribution in [3.63, 3.8) is 0 Å². The third-order valence-electron chi connectivity index (χ3n) is 2.21. The molecule has 0 aliphatic heterocycles. The fourth-order valence-corrected chi connectivity index (χ4v) is 1.34. The molecule has 0 saturated carbocycles. The molecular weight excluding hydrogens is 206 g/mol. The fourth-order valence-electron chi connectivity index (χ4n) is 1.34. The van der Waals surface area contributed by atoms with E-state index in [0.717, 1.165) is 11.3 Å². The highest BCUT2D eigenvalue weighted by Crippen LogP contribution is 2.17. The second kappa shape index (κ2) is 6.00. The zero-order valence-electron chi connectivity index (χ0n) is 9.82. The summed E-state index contributed by atoms with van der Waals surface area (Å²) in [5.74, 6) is 0.830. The first kappa shape index (κ1) is 12.4. The van der Waals surface area contributed by atoms with E-state index in [4.69, 9.17) is 4.74 Å². The van der Waals surface area contributed by atoms with E-state index in [0.29, 0.717) is 6.61 Å². The van der Waals surface area contributed by atoms with Gasteiger partial charge in [0.2, 0.25) is 0 Å². The maximum Gasteiger partial charge on any atom is 0.407 e. The van der Waals surface area contributed by atoms with Crippen LogP contribution < -0.4 is 10.1 Å². The van der Waals surface area contributed by atoms with Gasteiger partial charge >= 0.3 is 6.09 Å². The van der Waals surface area contributed by atoms with Gasteiger partial charge in [0.25, 0.3) is 0 Å². The molecule has 1 N–H and O–H groups in total. The Morgan fingerprint density at radius 2 is 2.00 bits per heavy atom. The van der Waals surface area contributed by atoms with Crippen molar-refractivity contribution in [3.05, 3.63) is 29.8 Å². The maximum atomic E-state index is 11.0. The second-order valence-electron chi connectivity index (χ2n) is 3.36. The van der Waals surface area contributed by atoms with Gasteiger partial charge in [0, 0.05) is 0 Å². The van der Waals surface area contributed by atoms with E-state index in [1.54, 1.807) is 0 Å². The molecule has 1 amide bonds. The number of nitrogens with one attached hydrogen (secondary N) is 1. The molecule has 1 rings (SSSR count). The highest BCUT2D eigenvalue weighted by molar-refractivity contribution is 5.67. The average Bonchev–Trinajstić information content (AvgIpc) is 2.30. The molecule has 0 fully saturated rings. The van der Waals surface area contributed by atoms with Gasteiger partial charge < -0.3 is 14.8 Å². The van der Waals surface area contributed by atoms with Gasteiger partial charge in [-0.3, -0.25) is 0 Å². The van der Waals surface area contributed by atoms with Gasteiger partial charge in [0.15, 0.2) is 0 Å². The van der Waals surface area contributed by atoms with Crippen molar-refractivity contribution in [1.82, 2.24) is 5.32 Å². The Hall–Kier alpha value is -1.71. The van der Waals surface area contributed by atoms with Crippen LogP contribution in [0.15, 0.2) is 24.3 Å². The summed E-state index contributed by atoms with van der Waals surface area (Å²) < 4.78 is 9.86. The first-order valence-electron chi connectivity index (χ1n) is 5.24. The first-order valence-corrected chi connectivity index (χ1v) is 5.24. The van der Waals surface area contributed by atoms with Crippen molar-refractivity contribution in [2.75, 3.05) is 13.7 Å². The van der Waals surface area contributed by atoms with Crippen LogP contribution in [0, 0.1) is 0 Å². The molecule has 0 aliphatic rings. The number of alkyl carbamates (subject to hydrolysis) is 1. The molecule has 88 valence electrons. The summed E-state index contributed by atoms with van der Waals surface area (Å²) in [5, 5.41) is 2.70. The number of methoxy groups -OCH3 is 1. The molecule has 0 heterocycles. The Kier molecular flexibility index (Phi) is 4.64. The Balaban J connectivity index is 2.62. The molecule has 1 aromatic carbocycles. The molecule has 0 aromatic heterocycles. The summed E-state index contributed by atoms with van der Waals surface area (Å²) >= 11 is 0. The van der Waals surface area contributed by atoms with Crippen LogP contribution in [0.25, 0.3) is 0 Å². The molecule has 1 aromatic rings. The minimum atomic E-state index is -0.429. The third-order valence-corrected chi connectivity index (χ3v) is 2.21. The number of carbonyl (C=O) groups is 1. The minimum absolute atomic E-state index is 0.0804. The van der Waals surface area contributed by atoms with Gasteiger partial charge in [-0.2, -0.15) is 0 Å². The largest absolute Gasteiger partial charge is 0.494 e. The van der Waals surface area contributed by atoms with Crippen molar-refractivity contribution in [2.45, 2.75) is 19.9 Å². The van der Waals surface area contributed by atoms with E-state index < -0.39 is 6.09 Å². The molecule has 0 spiro atoms. The van der Waals surface area contributed by atoms with Gasteiger partial charge in [-0.15, -0.1) is 0 Å². The molecule has 1 unspecified atom stereocenters. The van der Waals surface area contributed by atoms with Crippen LogP contribution in [-0.4, -0.2) is 19.8 Å². The SMILES string of the molecule is CCOc1ccc(C(C)NC(=O)OC)cc1. The fraction of sp³-hybridized carbons (Fsp3) is 0.417. The molecule has 0 aliphatic carbocycles. The Labute approximate surface area is 95.6 Å². The molecule has 0 bridgehead atoms. The summed E-state index contributed by atoms with van der Waals surface area (Å²) in [7, 11) is 1.35. The number of ether oxygens (including phenoxy) is 2. The lowest BCUT2D eigenvalue weighted by atomic mass is 10.1. The number of amides is 1. The van der Waals surface area contributed by atoms with Gasteiger partial charge in [-0.05, 0) is 31.5 Å². The summed E-state index contributed by atoms with van der Waals surface area (Å²) in [6.07, 6.45) is -0.429. The normalized spacial score (nSPS) is 11.7. The first-order chi connectivity index (χ1) is 7.67. The molecule has 4 heteroatoms. The molecule has 0 saturated heterocycles. The summed E-state index contributed by atoms with van der Waals surface area (Å²) in [6, 6.07) is 7.53. The van der Waals surface area contributed by atoms with Crippen LogP contribution in [0.3, 0.4) is 0 Å². The van der Waals surface area contributed by atoms with E-state index in [-0.39, 0.29) is 6.04 Å². The van der Waals surface area contributed by atoms with Crippen LogP contribution in [0.1, 0.15) is 25.5 Å². The average molecular weight is 223 g/mol. The summed E-state index contributed by atoms with van der Waals surface area (Å²) in [5.41, 5.74) is 1.01. The van der Waals surface area contributed by atoms with E-state index in [9.17, 15) is 4.79 Å². The predicted octanol–water partition coefficient (Wildman–Crippen LogP) is 2.50. The van der Waals surface area contributed by atoms with Gasteiger partial charge in [-0.25, -0.2) is 4.79 Å². The van der Waals surface area contributed by atoms with Crippen LogP contribution in [-0.2, 0) is 4.74 Å². The maximum absolute atomic E-state index is 11.0. The zero-order chi connectivity index (χ0) is 12.0. The van der Waals surface area contributed by atoms with Gasteiger partial charge in [0.05, 0.1) is 19.8 Å². The van der Waals surface area contributed by atoms with Crippen molar-refractivity contribution < 1.29 is 14.3 Å². The number of rotatable bonds is 4. The van der Waals surface area contributed by atoms with Crippen molar-refractivity contribution in [3.8, 4) is 5.75 Å². The number of benzene rings is 1. The van der Waals surface area contributed by atoms with Crippen molar-refractivity contribution in [1.29, 1.82) is 0 Å². The van der Waals surface area contributed by atoms with Crippen molar-refractivity contribution in [2.24, 2.45) is 0 Å². The Morgan fingerprint density at radius 3 is 2.50 bits per heavy atom. The highest BCUT2D eigenvalue weighted by Gasteiger charge is 2.08. The molecule has 16 heavy (non-hydrogen) atoms. The van der Waals surface area contributed by atoms with E-state index in [1.165, 1.54) is 7.11 Å². The smallest absolute Gasteiger partial charge is 0.407 e. The minimum Gasteiger partial charge on any atom is -0.494 e. The lowest BCUT2D eigenvalue weighted by molar-refractivity contribution is 0.167. The monoisotopic (exact) mass is 223 g/mol. The van der Waals surface area contributed by atoms with Gasteiger partial charge in [0.1, 0.15) is 5.75 Å². The van der Waals surface area contributed by atoms with Gasteiger partial charge in [-0.1, -0.05) is 12.1 Å². The number of hydrogen-bond donors (Lipinski definition) is 1. The van der Waals surface area contributed by atoms with Crippen molar-refractivity contribution >= 4 is 6.09 Å². The van der Waals surface area contributed by atoms with E-state index in [1.807, 2.05) is 38.1 Å². The predicted molar refractivity (Wildman–Crippen MR) is 61.6 cm³/mol. The standard InChI is InChI=1S/C12H17NO3/c1-4-16-11-7-5-10(6-8-11)9(2)13-12(14)15-3/h5-9H,4H2,1-3H3,(H,13,14). The lowest BCUT2D eigenvalue weighted by Gasteiger charge is -2.13. The quantitative estimate of drug-likeness (QED) is 0.853. The van der Waals surface area contributed by atoms with Crippen LogP contribution in [0.5, 0.6) is 5.75 Å². The number of hydrogen-bond acceptors (Lipinski definition) is 3. The topological polar surface area (TPSA) is 47.6 Å². The second-order valence-corrected chi connectivity index (χ2v) is 3.36. The van der Waals surface area contributed by atoms with Crippen LogP contribution in [0.2, 0.25) is 0 Å². The lowest BCUT2D eigenvalue weighted by Crippen LogP contribution is -2.26. The molecule has 0 radical (unpaired) electrons. The Morgan fingerprint density at radius 1 is 1.38 bits per heavy atom. The number of carbonyl (C=O) groups excluding carboxylic acids is 1. The van der Waals surface area contributed by atoms with Crippen LogP contribution in [0.4, 0.5) is 4.79 Å². The third kappa shape index (κ3) is 3.46.